The van der Waals surface area contributed by atoms with Crippen molar-refractivity contribution in [2.45, 2.75) is 45.1 Å². The molecule has 0 bridgehead atoms. The molecule has 1 aromatic rings. The second-order valence-electron chi connectivity index (χ2n) is 6.00. The molecule has 2 N–H and O–H groups in total. The summed E-state index contributed by atoms with van der Waals surface area (Å²) in [6, 6.07) is 1.17. The van der Waals surface area contributed by atoms with E-state index in [1.54, 1.807) is 17.2 Å². The van der Waals surface area contributed by atoms with Crippen molar-refractivity contribution in [2.24, 2.45) is 0 Å². The molecule has 2 rings (SSSR count). The van der Waals surface area contributed by atoms with Crippen molar-refractivity contribution in [2.75, 3.05) is 18.4 Å². The minimum Gasteiger partial charge on any atom is -0.365 e. The number of amides is 1. The number of piperidine rings is 1. The molecule has 0 radical (unpaired) electrons. The van der Waals surface area contributed by atoms with E-state index in [4.69, 9.17) is 0 Å². The average Bonchev–Trinajstić information content (AvgIpc) is 2.96. The summed E-state index contributed by atoms with van der Waals surface area (Å²) in [5, 5.41) is 12.3. The van der Waals surface area contributed by atoms with E-state index in [0.29, 0.717) is 30.9 Å². The van der Waals surface area contributed by atoms with Crippen LogP contribution >= 0.6 is 0 Å². The maximum Gasteiger partial charge on any atom is 0.253 e. The number of carbonyl (C=O) groups excluding carboxylic acids is 2. The predicted molar refractivity (Wildman–Crippen MR) is 92.5 cm³/mol. The maximum atomic E-state index is 12.5. The first-order valence-corrected chi connectivity index (χ1v) is 8.41. The van der Waals surface area contributed by atoms with Crippen LogP contribution in [0.3, 0.4) is 0 Å². The zero-order chi connectivity index (χ0) is 17.5. The first kappa shape index (κ1) is 17.8. The number of Topliss-reactive ketones (excluding diaryl/α,β-unsaturated/α-hetero) is 1. The van der Waals surface area contributed by atoms with Crippen LogP contribution in [0.4, 0.5) is 5.69 Å². The molecular formula is C18H24N4O2. The number of unbranched alkanes of at least 4 members (excludes halogenated alkanes) is 2. The van der Waals surface area contributed by atoms with Crippen LogP contribution in [-0.4, -0.2) is 40.7 Å². The summed E-state index contributed by atoms with van der Waals surface area (Å²) in [4.78, 5) is 29.3. The molecule has 0 saturated carbocycles. The molecule has 1 unspecified atom stereocenters. The summed E-state index contributed by atoms with van der Waals surface area (Å²) in [6.07, 6.45) is 7.76. The molecule has 1 amide bonds. The zero-order valence-corrected chi connectivity index (χ0v) is 14.1. The number of likely N-dealkylation sites (tertiary alicyclic amines) is 1. The molecule has 128 valence electrons. The summed E-state index contributed by atoms with van der Waals surface area (Å²) < 4.78 is 0. The highest BCUT2D eigenvalue weighted by molar-refractivity contribution is 6.10. The molecule has 6 heteroatoms. The molecule has 1 aliphatic heterocycles. The largest absolute Gasteiger partial charge is 0.365 e. The molecule has 1 atom stereocenters. The SMILES string of the molecule is C=CCN1CCC(=O)C(Nc2c(CCCCC)c[nH]c2C#N)C1=O. The fourth-order valence-electron chi connectivity index (χ4n) is 2.92. The number of carbonyl (C=O) groups is 2. The number of hydrogen-bond acceptors (Lipinski definition) is 4. The van der Waals surface area contributed by atoms with Gasteiger partial charge in [-0.25, -0.2) is 0 Å². The third kappa shape index (κ3) is 3.85. The van der Waals surface area contributed by atoms with E-state index in [2.05, 4.69) is 29.9 Å². The molecule has 24 heavy (non-hydrogen) atoms. The summed E-state index contributed by atoms with van der Waals surface area (Å²) in [6.45, 7) is 6.62. The predicted octanol–water partition coefficient (Wildman–Crippen LogP) is 2.39. The van der Waals surface area contributed by atoms with Gasteiger partial charge in [-0.3, -0.25) is 9.59 Å². The fourth-order valence-corrected chi connectivity index (χ4v) is 2.92. The number of ketones is 1. The van der Waals surface area contributed by atoms with Crippen LogP contribution in [0.5, 0.6) is 0 Å². The van der Waals surface area contributed by atoms with Gasteiger partial charge in [0.05, 0.1) is 5.69 Å². The fraction of sp³-hybridized carbons (Fsp3) is 0.500. The Morgan fingerprint density at radius 2 is 2.29 bits per heavy atom. The highest BCUT2D eigenvalue weighted by atomic mass is 16.2. The van der Waals surface area contributed by atoms with Crippen LogP contribution in [-0.2, 0) is 16.0 Å². The number of nitrogens with zero attached hydrogens (tertiary/aromatic N) is 2. The van der Waals surface area contributed by atoms with Gasteiger partial charge in [-0.1, -0.05) is 25.8 Å². The monoisotopic (exact) mass is 328 g/mol. The van der Waals surface area contributed by atoms with Crippen LogP contribution in [0.2, 0.25) is 0 Å². The summed E-state index contributed by atoms with van der Waals surface area (Å²) >= 11 is 0. The summed E-state index contributed by atoms with van der Waals surface area (Å²) in [5.74, 6) is -0.388. The topological polar surface area (TPSA) is 89.0 Å². The molecule has 0 aromatic carbocycles. The van der Waals surface area contributed by atoms with E-state index in [0.717, 1.165) is 31.2 Å². The van der Waals surface area contributed by atoms with Crippen molar-refractivity contribution in [3.05, 3.63) is 30.1 Å². The minimum atomic E-state index is -0.925. The number of rotatable bonds is 8. The molecule has 0 aliphatic carbocycles. The highest BCUT2D eigenvalue weighted by Gasteiger charge is 2.35. The molecule has 2 heterocycles. The Hall–Kier alpha value is -2.55. The van der Waals surface area contributed by atoms with Crippen molar-refractivity contribution < 1.29 is 9.59 Å². The Balaban J connectivity index is 2.20. The second-order valence-corrected chi connectivity index (χ2v) is 6.00. The van der Waals surface area contributed by atoms with E-state index in [1.165, 1.54) is 0 Å². The molecule has 1 fully saturated rings. The third-order valence-electron chi connectivity index (χ3n) is 4.27. The van der Waals surface area contributed by atoms with Gasteiger partial charge in [0.25, 0.3) is 5.91 Å². The number of aromatic nitrogens is 1. The Morgan fingerprint density at radius 3 is 2.96 bits per heavy atom. The molecule has 1 aliphatic rings. The Labute approximate surface area is 142 Å². The summed E-state index contributed by atoms with van der Waals surface area (Å²) in [7, 11) is 0. The number of H-pyrrole nitrogens is 1. The van der Waals surface area contributed by atoms with Gasteiger partial charge in [-0.05, 0) is 18.4 Å². The van der Waals surface area contributed by atoms with E-state index in [-0.39, 0.29) is 11.7 Å². The van der Waals surface area contributed by atoms with E-state index in [1.807, 2.05) is 0 Å². The molecule has 6 nitrogen and oxygen atoms in total. The number of aryl methyl sites for hydroxylation is 1. The molecule has 0 spiro atoms. The van der Waals surface area contributed by atoms with Crippen molar-refractivity contribution in [3.63, 3.8) is 0 Å². The summed E-state index contributed by atoms with van der Waals surface area (Å²) in [5.41, 5.74) is 1.89. The lowest BCUT2D eigenvalue weighted by Crippen LogP contribution is -2.52. The van der Waals surface area contributed by atoms with Gasteiger partial charge in [0, 0.05) is 25.7 Å². The number of nitrogens with one attached hydrogen (secondary N) is 2. The van der Waals surface area contributed by atoms with Gasteiger partial charge in [0.2, 0.25) is 0 Å². The lowest BCUT2D eigenvalue weighted by Gasteiger charge is -2.31. The number of aromatic amines is 1. The van der Waals surface area contributed by atoms with Crippen molar-refractivity contribution >= 4 is 17.4 Å². The highest BCUT2D eigenvalue weighted by Crippen LogP contribution is 2.25. The first-order valence-electron chi connectivity index (χ1n) is 8.41. The quantitative estimate of drug-likeness (QED) is 0.435. The van der Waals surface area contributed by atoms with Gasteiger partial charge in [-0.2, -0.15) is 5.26 Å². The van der Waals surface area contributed by atoms with E-state index >= 15 is 0 Å². The standard InChI is InChI=1S/C18H24N4O2/c1-3-5-6-7-13-12-20-14(11-19)16(13)21-17-15(23)8-10-22(9-4-2)18(17)24/h4,12,17,20-21H,2-3,5-10H2,1H3. The van der Waals surface area contributed by atoms with E-state index < -0.39 is 6.04 Å². The number of hydrogen-bond donors (Lipinski definition) is 2. The first-order chi connectivity index (χ1) is 11.6. The maximum absolute atomic E-state index is 12.5. The lowest BCUT2D eigenvalue weighted by molar-refractivity contribution is -0.140. The molecular weight excluding hydrogens is 304 g/mol. The van der Waals surface area contributed by atoms with Crippen LogP contribution in [0.15, 0.2) is 18.9 Å². The van der Waals surface area contributed by atoms with E-state index in [9.17, 15) is 14.9 Å². The smallest absolute Gasteiger partial charge is 0.253 e. The third-order valence-corrected chi connectivity index (χ3v) is 4.27. The number of nitriles is 1. The van der Waals surface area contributed by atoms with Crippen molar-refractivity contribution in [1.82, 2.24) is 9.88 Å². The Kier molecular flexibility index (Phi) is 6.19. The Bertz CT molecular complexity index is 656. The van der Waals surface area contributed by atoms with Crippen LogP contribution < -0.4 is 5.32 Å². The van der Waals surface area contributed by atoms with Gasteiger partial charge < -0.3 is 15.2 Å². The lowest BCUT2D eigenvalue weighted by atomic mass is 10.0. The van der Waals surface area contributed by atoms with Gasteiger partial charge >= 0.3 is 0 Å². The van der Waals surface area contributed by atoms with Crippen molar-refractivity contribution in [3.8, 4) is 6.07 Å². The van der Waals surface area contributed by atoms with Gasteiger partial charge in [-0.15, -0.1) is 6.58 Å². The van der Waals surface area contributed by atoms with Crippen LogP contribution in [0, 0.1) is 11.3 Å². The number of anilines is 1. The minimum absolute atomic E-state index is 0.134. The average molecular weight is 328 g/mol. The van der Waals surface area contributed by atoms with Crippen LogP contribution in [0.25, 0.3) is 0 Å². The normalized spacial score (nSPS) is 17.7. The molecule has 1 saturated heterocycles. The zero-order valence-electron chi connectivity index (χ0n) is 14.1. The van der Waals surface area contributed by atoms with Gasteiger partial charge in [0.1, 0.15) is 11.8 Å². The second kappa shape index (κ2) is 8.34. The van der Waals surface area contributed by atoms with Crippen LogP contribution in [0.1, 0.15) is 43.9 Å². The van der Waals surface area contributed by atoms with Crippen molar-refractivity contribution in [1.29, 1.82) is 5.26 Å². The van der Waals surface area contributed by atoms with Gasteiger partial charge in [0.15, 0.2) is 11.8 Å². The Morgan fingerprint density at radius 1 is 1.50 bits per heavy atom. The molecule has 1 aromatic heterocycles.